The zero-order chi connectivity index (χ0) is 24.9. The van der Waals surface area contributed by atoms with E-state index in [4.69, 9.17) is 9.90 Å². The Bertz CT molecular complexity index is 1140. The molecule has 0 atom stereocenters. The minimum absolute atomic E-state index is 0.239. The number of carboxylic acid groups (broad SMARTS) is 1. The predicted molar refractivity (Wildman–Crippen MR) is 114 cm³/mol. The summed E-state index contributed by atoms with van der Waals surface area (Å²) in [7, 11) is 0. The molecule has 0 aliphatic carbocycles. The van der Waals surface area contributed by atoms with Crippen LogP contribution in [0.25, 0.3) is 11.0 Å². The Hall–Kier alpha value is -3.74. The van der Waals surface area contributed by atoms with Crippen LogP contribution in [0.1, 0.15) is 22.6 Å². The van der Waals surface area contributed by atoms with E-state index < -0.39 is 24.4 Å². The van der Waals surface area contributed by atoms with Crippen molar-refractivity contribution in [3.8, 4) is 0 Å². The van der Waals surface area contributed by atoms with Gasteiger partial charge in [0.2, 0.25) is 0 Å². The second-order valence-electron chi connectivity index (χ2n) is 7.17. The molecule has 1 fully saturated rings. The van der Waals surface area contributed by atoms with Crippen molar-refractivity contribution >= 4 is 34.3 Å². The highest BCUT2D eigenvalue weighted by molar-refractivity contribution is 6.11. The van der Waals surface area contributed by atoms with Gasteiger partial charge in [-0.15, -0.1) is 0 Å². The number of aliphatic carboxylic acids is 1. The van der Waals surface area contributed by atoms with Crippen molar-refractivity contribution in [3.63, 3.8) is 0 Å². The molecule has 1 amide bonds. The van der Waals surface area contributed by atoms with Crippen LogP contribution >= 0.6 is 0 Å². The summed E-state index contributed by atoms with van der Waals surface area (Å²) >= 11 is 0. The molecule has 34 heavy (non-hydrogen) atoms. The number of hydrogen-bond acceptors (Lipinski definition) is 5. The van der Waals surface area contributed by atoms with Crippen molar-refractivity contribution in [1.82, 2.24) is 15.3 Å². The number of carbonyl (C=O) groups excluding carboxylic acids is 1. The van der Waals surface area contributed by atoms with Gasteiger partial charge in [0, 0.05) is 37.6 Å². The number of aromatic amines is 1. The number of hydrogen-bond donors (Lipinski definition) is 4. The van der Waals surface area contributed by atoms with Gasteiger partial charge in [-0.1, -0.05) is 6.07 Å². The summed E-state index contributed by atoms with van der Waals surface area (Å²) in [5, 5.41) is 13.2. The summed E-state index contributed by atoms with van der Waals surface area (Å²) in [6, 6.07) is 12.4. The lowest BCUT2D eigenvalue weighted by atomic mass is 10.1. The second-order valence-corrected chi connectivity index (χ2v) is 7.17. The minimum atomic E-state index is -5.08. The molecule has 182 valence electrons. The van der Waals surface area contributed by atoms with E-state index in [1.165, 1.54) is 0 Å². The quantitative estimate of drug-likeness (QED) is 0.419. The molecule has 8 nitrogen and oxygen atoms in total. The number of carbonyl (C=O) groups is 2. The molecule has 1 aromatic heterocycles. The first-order valence-corrected chi connectivity index (χ1v) is 10.00. The van der Waals surface area contributed by atoms with E-state index >= 15 is 0 Å². The average Bonchev–Trinajstić information content (AvgIpc) is 3.25. The van der Waals surface area contributed by atoms with Gasteiger partial charge in [-0.25, -0.2) is 18.6 Å². The van der Waals surface area contributed by atoms with E-state index in [0.29, 0.717) is 11.2 Å². The van der Waals surface area contributed by atoms with Gasteiger partial charge in [0.25, 0.3) is 12.3 Å². The molecule has 2 heterocycles. The summed E-state index contributed by atoms with van der Waals surface area (Å²) in [6.45, 7) is 3.79. The highest BCUT2D eigenvalue weighted by atomic mass is 19.4. The lowest BCUT2D eigenvalue weighted by Gasteiger charge is -2.29. The van der Waals surface area contributed by atoms with Crippen LogP contribution in [0.15, 0.2) is 42.5 Å². The molecule has 1 saturated heterocycles. The van der Waals surface area contributed by atoms with Crippen molar-refractivity contribution in [2.24, 2.45) is 0 Å². The number of aromatic nitrogens is 2. The lowest BCUT2D eigenvalue weighted by Crippen LogP contribution is -2.43. The van der Waals surface area contributed by atoms with E-state index in [9.17, 15) is 26.7 Å². The number of carboxylic acids is 1. The van der Waals surface area contributed by atoms with Gasteiger partial charge in [0.05, 0.1) is 11.1 Å². The number of para-hydroxylation sites is 1. The van der Waals surface area contributed by atoms with Crippen molar-refractivity contribution < 1.29 is 36.6 Å². The van der Waals surface area contributed by atoms with Crippen LogP contribution in [0, 0.1) is 0 Å². The molecular weight excluding hydrogens is 465 g/mol. The number of imidazole rings is 1. The Morgan fingerprint density at radius 2 is 1.68 bits per heavy atom. The smallest absolute Gasteiger partial charge is 0.475 e. The van der Waals surface area contributed by atoms with Crippen LogP contribution in [-0.4, -0.2) is 59.3 Å². The van der Waals surface area contributed by atoms with Gasteiger partial charge >= 0.3 is 12.1 Å². The van der Waals surface area contributed by atoms with Crippen molar-refractivity contribution in [2.45, 2.75) is 12.6 Å². The Morgan fingerprint density at radius 3 is 2.24 bits per heavy atom. The number of nitrogens with one attached hydrogen (secondary N) is 3. The summed E-state index contributed by atoms with van der Waals surface area (Å²) < 4.78 is 57.5. The molecule has 0 radical (unpaired) electrons. The molecule has 0 bridgehead atoms. The number of H-pyrrole nitrogens is 1. The molecule has 0 unspecified atom stereocenters. The highest BCUT2D eigenvalue weighted by Gasteiger charge is 2.38. The molecule has 0 spiro atoms. The lowest BCUT2D eigenvalue weighted by molar-refractivity contribution is -0.192. The molecule has 0 saturated carbocycles. The SMILES string of the molecule is O=C(Nc1ccc(N2CCNCC2)cc1)c1cccc2[nH]c(C(F)F)nc12.O=C(O)C(F)(F)F. The molecule has 4 rings (SSSR count). The fourth-order valence-corrected chi connectivity index (χ4v) is 3.21. The van der Waals surface area contributed by atoms with Gasteiger partial charge in [0.15, 0.2) is 5.82 Å². The molecule has 1 aliphatic heterocycles. The summed E-state index contributed by atoms with van der Waals surface area (Å²) in [5.41, 5.74) is 2.64. The summed E-state index contributed by atoms with van der Waals surface area (Å²) in [4.78, 5) is 30.2. The van der Waals surface area contributed by atoms with E-state index in [1.54, 1.807) is 18.2 Å². The second kappa shape index (κ2) is 10.5. The van der Waals surface area contributed by atoms with Crippen LogP contribution in [0.5, 0.6) is 0 Å². The van der Waals surface area contributed by atoms with Crippen LogP contribution in [0.3, 0.4) is 0 Å². The maximum atomic E-state index is 12.9. The number of fused-ring (bicyclic) bond motifs is 1. The monoisotopic (exact) mass is 485 g/mol. The van der Waals surface area contributed by atoms with Gasteiger partial charge < -0.3 is 25.6 Å². The van der Waals surface area contributed by atoms with Crippen LogP contribution in [0.2, 0.25) is 0 Å². The third-order valence-electron chi connectivity index (χ3n) is 4.83. The number of piperazine rings is 1. The molecule has 13 heteroatoms. The first-order valence-electron chi connectivity index (χ1n) is 10.00. The summed E-state index contributed by atoms with van der Waals surface area (Å²) in [5.74, 6) is -3.58. The normalized spacial score (nSPS) is 14.0. The predicted octanol–water partition coefficient (Wildman–Crippen LogP) is 3.80. The first-order chi connectivity index (χ1) is 16.1. The standard InChI is InChI=1S/C19H19F2N5O.C2HF3O2/c20-17(21)18-24-15-3-1-2-14(16(15)25-18)19(27)23-12-4-6-13(7-5-12)26-10-8-22-9-11-26;3-2(4,5)1(6)7/h1-7,17,22H,8-11H2,(H,23,27)(H,24,25);(H,6,7). The zero-order valence-electron chi connectivity index (χ0n) is 17.5. The van der Waals surface area contributed by atoms with Crippen molar-refractivity contribution in [1.29, 1.82) is 0 Å². The van der Waals surface area contributed by atoms with Gasteiger partial charge in [0.1, 0.15) is 5.52 Å². The number of anilines is 2. The van der Waals surface area contributed by atoms with Crippen LogP contribution in [-0.2, 0) is 4.79 Å². The van der Waals surface area contributed by atoms with Gasteiger partial charge in [-0.05, 0) is 36.4 Å². The molecule has 2 aromatic carbocycles. The van der Waals surface area contributed by atoms with Crippen LogP contribution in [0.4, 0.5) is 33.3 Å². The van der Waals surface area contributed by atoms with Crippen LogP contribution < -0.4 is 15.5 Å². The van der Waals surface area contributed by atoms with E-state index in [-0.39, 0.29) is 17.0 Å². The van der Waals surface area contributed by atoms with E-state index in [1.807, 2.05) is 24.3 Å². The molecule has 3 aromatic rings. The van der Waals surface area contributed by atoms with Crippen molar-refractivity contribution in [3.05, 3.63) is 53.9 Å². The van der Waals surface area contributed by atoms with Crippen molar-refractivity contribution in [2.75, 3.05) is 36.4 Å². The number of alkyl halides is 5. The number of nitrogens with zero attached hydrogens (tertiary/aromatic N) is 2. The number of amides is 1. The number of benzene rings is 2. The Balaban J connectivity index is 0.000000406. The third kappa shape index (κ3) is 6.19. The highest BCUT2D eigenvalue weighted by Crippen LogP contribution is 2.24. The first kappa shape index (κ1) is 24.9. The average molecular weight is 485 g/mol. The zero-order valence-corrected chi connectivity index (χ0v) is 17.5. The maximum absolute atomic E-state index is 12.9. The van der Waals surface area contributed by atoms with Gasteiger partial charge in [-0.2, -0.15) is 13.2 Å². The minimum Gasteiger partial charge on any atom is -0.475 e. The Morgan fingerprint density at radius 1 is 1.06 bits per heavy atom. The molecular formula is C21H20F5N5O3. The number of rotatable bonds is 4. The molecule has 1 aliphatic rings. The Labute approximate surface area is 189 Å². The van der Waals surface area contributed by atoms with Gasteiger partial charge in [-0.3, -0.25) is 4.79 Å². The molecule has 4 N–H and O–H groups in total. The summed E-state index contributed by atoms with van der Waals surface area (Å²) in [6.07, 6.45) is -7.80. The van der Waals surface area contributed by atoms with E-state index in [0.717, 1.165) is 31.9 Å². The Kier molecular flexibility index (Phi) is 7.66. The fraction of sp³-hybridized carbons (Fsp3) is 0.286. The maximum Gasteiger partial charge on any atom is 0.490 e. The topological polar surface area (TPSA) is 110 Å². The fourth-order valence-electron chi connectivity index (χ4n) is 3.21. The number of halogens is 5. The largest absolute Gasteiger partial charge is 0.490 e. The third-order valence-corrected chi connectivity index (χ3v) is 4.83. The van der Waals surface area contributed by atoms with E-state index in [2.05, 4.69) is 25.5 Å².